The van der Waals surface area contributed by atoms with Crippen molar-refractivity contribution in [1.82, 2.24) is 10.2 Å². The number of carbonyl (C=O) groups is 3. The summed E-state index contributed by atoms with van der Waals surface area (Å²) in [4.78, 5) is 36.8. The maximum Gasteiger partial charge on any atom is 0.328 e. The number of methoxy groups -OCH3 is 1. The summed E-state index contributed by atoms with van der Waals surface area (Å²) in [5.41, 5.74) is 0. The quantitative estimate of drug-likeness (QED) is 0.737. The third kappa shape index (κ3) is 3.29. The van der Waals surface area contributed by atoms with E-state index in [1.807, 2.05) is 6.92 Å². The van der Waals surface area contributed by atoms with Gasteiger partial charge in [0.05, 0.1) is 7.11 Å². The van der Waals surface area contributed by atoms with Crippen LogP contribution in [0.5, 0.6) is 0 Å². The van der Waals surface area contributed by atoms with Gasteiger partial charge in [-0.2, -0.15) is 0 Å². The lowest BCUT2D eigenvalue weighted by atomic mass is 10.2. The molecule has 6 heteroatoms. The zero-order chi connectivity index (χ0) is 14.7. The van der Waals surface area contributed by atoms with Gasteiger partial charge >= 0.3 is 5.97 Å². The number of likely N-dealkylation sites (tertiary alicyclic amines) is 1. The second kappa shape index (κ2) is 6.24. The number of nitrogens with one attached hydrogen (secondary N) is 1. The van der Waals surface area contributed by atoms with Gasteiger partial charge in [0.25, 0.3) is 0 Å². The van der Waals surface area contributed by atoms with Gasteiger partial charge in [0.15, 0.2) is 0 Å². The minimum atomic E-state index is -0.452. The highest BCUT2D eigenvalue weighted by Gasteiger charge is 2.39. The van der Waals surface area contributed by atoms with Crippen molar-refractivity contribution in [3.63, 3.8) is 0 Å². The van der Waals surface area contributed by atoms with Crippen LogP contribution in [-0.4, -0.2) is 48.9 Å². The highest BCUT2D eigenvalue weighted by atomic mass is 16.5. The Bertz CT molecular complexity index is 410. The van der Waals surface area contributed by atoms with Gasteiger partial charge in [-0.05, 0) is 25.2 Å². The predicted octanol–water partition coefficient (Wildman–Crippen LogP) is 0.313. The van der Waals surface area contributed by atoms with Crippen molar-refractivity contribution in [2.24, 2.45) is 11.8 Å². The summed E-state index contributed by atoms with van der Waals surface area (Å²) in [7, 11) is 1.33. The molecule has 0 aromatic carbocycles. The third-order valence-corrected chi connectivity index (χ3v) is 4.13. The summed E-state index contributed by atoms with van der Waals surface area (Å²) in [6.45, 7) is 2.97. The van der Waals surface area contributed by atoms with Crippen LogP contribution in [-0.2, 0) is 19.1 Å². The van der Waals surface area contributed by atoms with Gasteiger partial charge in [-0.15, -0.1) is 0 Å². The van der Waals surface area contributed by atoms with Crippen LogP contribution in [0.15, 0.2) is 0 Å². The van der Waals surface area contributed by atoms with Crippen LogP contribution in [0.4, 0.5) is 0 Å². The monoisotopic (exact) mass is 282 g/mol. The average molecular weight is 282 g/mol. The molecule has 3 atom stereocenters. The molecule has 2 fully saturated rings. The molecule has 0 aromatic heterocycles. The Kier molecular flexibility index (Phi) is 4.62. The van der Waals surface area contributed by atoms with Crippen LogP contribution in [0, 0.1) is 11.8 Å². The van der Waals surface area contributed by atoms with Crippen LogP contribution < -0.4 is 5.32 Å². The van der Waals surface area contributed by atoms with Crippen molar-refractivity contribution in [2.75, 3.05) is 20.2 Å². The zero-order valence-electron chi connectivity index (χ0n) is 12.1. The summed E-state index contributed by atoms with van der Waals surface area (Å²) in [6, 6.07) is -0.452. The summed E-state index contributed by atoms with van der Waals surface area (Å²) in [5.74, 6) is 0.178. The van der Waals surface area contributed by atoms with E-state index in [1.165, 1.54) is 7.11 Å². The fourth-order valence-electron chi connectivity index (χ4n) is 2.70. The molecule has 0 radical (unpaired) electrons. The van der Waals surface area contributed by atoms with Crippen LogP contribution >= 0.6 is 0 Å². The van der Waals surface area contributed by atoms with Gasteiger partial charge in [-0.1, -0.05) is 6.92 Å². The second-order valence-electron chi connectivity index (χ2n) is 5.63. The number of nitrogens with zero attached hydrogens (tertiary/aromatic N) is 1. The fraction of sp³-hybridized carbons (Fsp3) is 0.786. The Labute approximate surface area is 118 Å². The first kappa shape index (κ1) is 14.8. The molecule has 1 heterocycles. The molecule has 3 unspecified atom stereocenters. The maximum atomic E-state index is 12.1. The van der Waals surface area contributed by atoms with Gasteiger partial charge < -0.3 is 15.0 Å². The Hall–Kier alpha value is -1.59. The standard InChI is InChI=1S/C14H22N2O4/c1-9-8-10(9)13(18)15-6-5-12(17)16-7-3-4-11(16)14(19)20-2/h9-11H,3-8H2,1-2H3,(H,15,18). The molecule has 1 aliphatic carbocycles. The van der Waals surface area contributed by atoms with Crippen molar-refractivity contribution in [3.8, 4) is 0 Å². The van der Waals surface area contributed by atoms with Gasteiger partial charge in [-0.25, -0.2) is 4.79 Å². The summed E-state index contributed by atoms with van der Waals surface area (Å²) in [5, 5.41) is 2.78. The second-order valence-corrected chi connectivity index (χ2v) is 5.63. The van der Waals surface area contributed by atoms with E-state index >= 15 is 0 Å². The van der Waals surface area contributed by atoms with Crippen molar-refractivity contribution in [3.05, 3.63) is 0 Å². The number of esters is 1. The molecule has 0 aromatic rings. The topological polar surface area (TPSA) is 75.7 Å². The SMILES string of the molecule is COC(=O)C1CCCN1C(=O)CCNC(=O)C1CC1C. The van der Waals surface area contributed by atoms with E-state index in [0.717, 1.165) is 12.8 Å². The number of carbonyl (C=O) groups excluding carboxylic acids is 3. The average Bonchev–Trinajstić information content (AvgIpc) is 2.97. The van der Waals surface area contributed by atoms with Gasteiger partial charge in [0.2, 0.25) is 11.8 Å². The Morgan fingerprint density at radius 1 is 1.35 bits per heavy atom. The van der Waals surface area contributed by atoms with E-state index in [0.29, 0.717) is 25.4 Å². The number of hydrogen-bond acceptors (Lipinski definition) is 4. The minimum Gasteiger partial charge on any atom is -0.467 e. The van der Waals surface area contributed by atoms with Gasteiger partial charge in [0, 0.05) is 25.4 Å². The lowest BCUT2D eigenvalue weighted by Gasteiger charge is -2.22. The molecule has 0 bridgehead atoms. The van der Waals surface area contributed by atoms with E-state index in [2.05, 4.69) is 5.32 Å². The molecule has 2 rings (SSSR count). The molecule has 1 aliphatic heterocycles. The van der Waals surface area contributed by atoms with Crippen molar-refractivity contribution in [1.29, 1.82) is 0 Å². The van der Waals surface area contributed by atoms with Crippen LogP contribution in [0.25, 0.3) is 0 Å². The highest BCUT2D eigenvalue weighted by molar-refractivity contribution is 5.86. The molecule has 2 amide bonds. The molecule has 2 aliphatic rings. The fourth-order valence-corrected chi connectivity index (χ4v) is 2.70. The maximum absolute atomic E-state index is 12.1. The van der Waals surface area contributed by atoms with E-state index in [-0.39, 0.29) is 30.1 Å². The van der Waals surface area contributed by atoms with Crippen LogP contribution in [0.2, 0.25) is 0 Å². The first-order valence-electron chi connectivity index (χ1n) is 7.19. The number of hydrogen-bond donors (Lipinski definition) is 1. The van der Waals surface area contributed by atoms with Gasteiger partial charge in [-0.3, -0.25) is 9.59 Å². The number of rotatable bonds is 5. The Morgan fingerprint density at radius 2 is 2.05 bits per heavy atom. The molecule has 0 spiro atoms. The largest absolute Gasteiger partial charge is 0.467 e. The van der Waals surface area contributed by atoms with Crippen LogP contribution in [0.3, 0.4) is 0 Å². The summed E-state index contributed by atoms with van der Waals surface area (Å²) >= 11 is 0. The Balaban J connectivity index is 1.74. The molecule has 1 saturated carbocycles. The number of amides is 2. The van der Waals surface area contributed by atoms with E-state index in [4.69, 9.17) is 4.74 Å². The predicted molar refractivity (Wildman–Crippen MR) is 71.6 cm³/mol. The van der Waals surface area contributed by atoms with E-state index in [9.17, 15) is 14.4 Å². The molecule has 6 nitrogen and oxygen atoms in total. The van der Waals surface area contributed by atoms with E-state index in [1.54, 1.807) is 4.90 Å². The third-order valence-electron chi connectivity index (χ3n) is 4.13. The Morgan fingerprint density at radius 3 is 2.65 bits per heavy atom. The zero-order valence-corrected chi connectivity index (χ0v) is 12.1. The lowest BCUT2D eigenvalue weighted by molar-refractivity contribution is -0.151. The van der Waals surface area contributed by atoms with Crippen molar-refractivity contribution < 1.29 is 19.1 Å². The lowest BCUT2D eigenvalue weighted by Crippen LogP contribution is -2.42. The van der Waals surface area contributed by atoms with Crippen LogP contribution in [0.1, 0.15) is 32.6 Å². The molecular formula is C14H22N2O4. The molecule has 20 heavy (non-hydrogen) atoms. The summed E-state index contributed by atoms with van der Waals surface area (Å²) < 4.78 is 4.71. The molecule has 1 saturated heterocycles. The highest BCUT2D eigenvalue weighted by Crippen LogP contribution is 2.37. The number of ether oxygens (including phenoxy) is 1. The van der Waals surface area contributed by atoms with Crippen molar-refractivity contribution in [2.45, 2.75) is 38.6 Å². The van der Waals surface area contributed by atoms with E-state index < -0.39 is 6.04 Å². The van der Waals surface area contributed by atoms with Crippen molar-refractivity contribution >= 4 is 17.8 Å². The first-order chi connectivity index (χ1) is 9.54. The summed E-state index contributed by atoms with van der Waals surface area (Å²) in [6.07, 6.45) is 2.65. The first-order valence-corrected chi connectivity index (χ1v) is 7.19. The van der Waals surface area contributed by atoms with Gasteiger partial charge in [0.1, 0.15) is 6.04 Å². The smallest absolute Gasteiger partial charge is 0.328 e. The minimum absolute atomic E-state index is 0.0382. The molecular weight excluding hydrogens is 260 g/mol. The molecule has 1 N–H and O–H groups in total. The molecule has 112 valence electrons. The normalized spacial score (nSPS) is 28.1.